The van der Waals surface area contributed by atoms with Crippen LogP contribution in [0.3, 0.4) is 0 Å². The summed E-state index contributed by atoms with van der Waals surface area (Å²) in [5.74, 6) is -0.127. The van der Waals surface area contributed by atoms with Gasteiger partial charge in [-0.15, -0.1) is 11.3 Å². The topological polar surface area (TPSA) is 88.2 Å². The van der Waals surface area contributed by atoms with Gasteiger partial charge < -0.3 is 5.32 Å². The summed E-state index contributed by atoms with van der Waals surface area (Å²) in [4.78, 5) is 15.2. The first-order chi connectivity index (χ1) is 9.04. The molecule has 0 saturated carbocycles. The van der Waals surface area contributed by atoms with Crippen molar-refractivity contribution in [2.45, 2.75) is 11.3 Å². The first-order valence-corrected chi connectivity index (χ1v) is 7.76. The van der Waals surface area contributed by atoms with Gasteiger partial charge in [0.1, 0.15) is 0 Å². The average molecular weight is 295 g/mol. The lowest BCUT2D eigenvalue weighted by Gasteiger charge is -2.06. The maximum Gasteiger partial charge on any atom is 0.263 e. The highest BCUT2D eigenvalue weighted by molar-refractivity contribution is 7.93. The molecule has 0 bridgehead atoms. The monoisotopic (exact) mass is 295 g/mol. The number of hydrogen-bond acceptors (Lipinski definition) is 5. The standard InChI is InChI=1S/C11H9N3O3S2/c15-10-6-7-5-8(1-2-9(7)13-10)19(16,17)14-11-12-3-4-18-11/h1-5H,6H2,(H,12,14)(H,13,15). The number of sulfonamides is 1. The van der Waals surface area contributed by atoms with Gasteiger partial charge in [-0.2, -0.15) is 0 Å². The number of amides is 1. The van der Waals surface area contributed by atoms with E-state index < -0.39 is 10.0 Å². The van der Waals surface area contributed by atoms with Crippen LogP contribution >= 0.6 is 11.3 Å². The fraction of sp³-hybridized carbons (Fsp3) is 0.0909. The minimum absolute atomic E-state index is 0.123. The Morgan fingerprint density at radius 1 is 1.37 bits per heavy atom. The van der Waals surface area contributed by atoms with E-state index in [2.05, 4.69) is 15.0 Å². The quantitative estimate of drug-likeness (QED) is 0.896. The maximum absolute atomic E-state index is 12.1. The van der Waals surface area contributed by atoms with Gasteiger partial charge in [-0.1, -0.05) is 0 Å². The lowest BCUT2D eigenvalue weighted by Crippen LogP contribution is -2.12. The van der Waals surface area contributed by atoms with Gasteiger partial charge in [0.2, 0.25) is 5.91 Å². The normalized spacial score (nSPS) is 14.0. The van der Waals surface area contributed by atoms with E-state index in [1.165, 1.54) is 29.7 Å². The number of fused-ring (bicyclic) bond motifs is 1. The second-order valence-corrected chi connectivity index (χ2v) is 6.56. The molecule has 98 valence electrons. The summed E-state index contributed by atoms with van der Waals surface area (Å²) in [6.07, 6.45) is 1.73. The number of anilines is 2. The zero-order valence-corrected chi connectivity index (χ0v) is 11.2. The summed E-state index contributed by atoms with van der Waals surface area (Å²) in [6.45, 7) is 0. The molecule has 0 spiro atoms. The van der Waals surface area contributed by atoms with Crippen molar-refractivity contribution in [2.24, 2.45) is 0 Å². The Balaban J connectivity index is 1.94. The number of carbonyl (C=O) groups is 1. The van der Waals surface area contributed by atoms with Crippen LogP contribution in [0.15, 0.2) is 34.7 Å². The van der Waals surface area contributed by atoms with Gasteiger partial charge in [-0.05, 0) is 23.8 Å². The largest absolute Gasteiger partial charge is 0.326 e. The predicted octanol–water partition coefficient (Wildman–Crippen LogP) is 1.44. The SMILES string of the molecule is O=C1Cc2cc(S(=O)(=O)Nc3nccs3)ccc2N1. The minimum atomic E-state index is -3.66. The zero-order valence-electron chi connectivity index (χ0n) is 9.58. The zero-order chi connectivity index (χ0) is 13.5. The van der Waals surface area contributed by atoms with Gasteiger partial charge in [-0.25, -0.2) is 13.4 Å². The number of carbonyl (C=O) groups excluding carboxylic acids is 1. The van der Waals surface area contributed by atoms with Crippen LogP contribution in [-0.4, -0.2) is 19.3 Å². The lowest BCUT2D eigenvalue weighted by molar-refractivity contribution is -0.115. The summed E-state index contributed by atoms with van der Waals surface area (Å²) < 4.78 is 26.7. The molecule has 1 aromatic carbocycles. The number of nitrogens with one attached hydrogen (secondary N) is 2. The van der Waals surface area contributed by atoms with Crippen molar-refractivity contribution < 1.29 is 13.2 Å². The van der Waals surface area contributed by atoms with Crippen LogP contribution in [0.4, 0.5) is 10.8 Å². The van der Waals surface area contributed by atoms with E-state index in [0.717, 1.165) is 0 Å². The Hall–Kier alpha value is -1.93. The fourth-order valence-electron chi connectivity index (χ4n) is 1.82. The fourth-order valence-corrected chi connectivity index (χ4v) is 3.66. The van der Waals surface area contributed by atoms with E-state index in [1.54, 1.807) is 11.4 Å². The highest BCUT2D eigenvalue weighted by Gasteiger charge is 2.22. The average Bonchev–Trinajstić information content (AvgIpc) is 2.95. The molecule has 8 heteroatoms. The molecule has 2 N–H and O–H groups in total. The molecule has 3 rings (SSSR count). The van der Waals surface area contributed by atoms with Crippen molar-refractivity contribution in [3.05, 3.63) is 35.3 Å². The summed E-state index contributed by atoms with van der Waals surface area (Å²) in [5, 5.41) is 4.66. The van der Waals surface area contributed by atoms with E-state index in [1.807, 2.05) is 0 Å². The van der Waals surface area contributed by atoms with Crippen molar-refractivity contribution in [1.82, 2.24) is 4.98 Å². The summed E-state index contributed by atoms with van der Waals surface area (Å²) in [6, 6.07) is 4.56. The van der Waals surface area contributed by atoms with E-state index in [4.69, 9.17) is 0 Å². The van der Waals surface area contributed by atoms with Crippen molar-refractivity contribution in [1.29, 1.82) is 0 Å². The minimum Gasteiger partial charge on any atom is -0.326 e. The second-order valence-electron chi connectivity index (χ2n) is 3.99. The molecule has 0 fully saturated rings. The summed E-state index contributed by atoms with van der Waals surface area (Å²) >= 11 is 1.20. The van der Waals surface area contributed by atoms with E-state index in [9.17, 15) is 13.2 Å². The number of hydrogen-bond donors (Lipinski definition) is 2. The molecule has 0 aliphatic carbocycles. The van der Waals surface area contributed by atoms with Crippen LogP contribution < -0.4 is 10.0 Å². The Morgan fingerprint density at radius 3 is 2.95 bits per heavy atom. The van der Waals surface area contributed by atoms with Crippen LogP contribution in [0.2, 0.25) is 0 Å². The predicted molar refractivity (Wildman–Crippen MR) is 71.7 cm³/mol. The first-order valence-electron chi connectivity index (χ1n) is 5.40. The highest BCUT2D eigenvalue weighted by Crippen LogP contribution is 2.27. The lowest BCUT2D eigenvalue weighted by atomic mass is 10.2. The summed E-state index contributed by atoms with van der Waals surface area (Å²) in [7, 11) is -3.66. The van der Waals surface area contributed by atoms with Crippen LogP contribution in [0.25, 0.3) is 0 Å². The Morgan fingerprint density at radius 2 is 2.21 bits per heavy atom. The number of nitrogens with zero attached hydrogens (tertiary/aromatic N) is 1. The Bertz CT molecular complexity index is 739. The molecule has 0 atom stereocenters. The third-order valence-electron chi connectivity index (χ3n) is 2.67. The van der Waals surface area contributed by atoms with Gasteiger partial charge in [0.25, 0.3) is 10.0 Å². The van der Waals surface area contributed by atoms with Gasteiger partial charge in [0.15, 0.2) is 5.13 Å². The molecule has 1 aliphatic rings. The Labute approximate surface area is 113 Å². The molecule has 0 radical (unpaired) electrons. The van der Waals surface area contributed by atoms with Crippen molar-refractivity contribution in [2.75, 3.05) is 10.0 Å². The molecule has 0 unspecified atom stereocenters. The molecule has 1 amide bonds. The molecule has 2 heterocycles. The van der Waals surface area contributed by atoms with Crippen LogP contribution in [0.1, 0.15) is 5.56 Å². The third-order valence-corrected chi connectivity index (χ3v) is 4.82. The number of benzene rings is 1. The molecule has 1 aromatic heterocycles. The van der Waals surface area contributed by atoms with E-state index >= 15 is 0 Å². The van der Waals surface area contributed by atoms with Crippen molar-refractivity contribution in [3.8, 4) is 0 Å². The molecule has 1 aliphatic heterocycles. The van der Waals surface area contributed by atoms with E-state index in [0.29, 0.717) is 16.4 Å². The maximum atomic E-state index is 12.1. The number of rotatable bonds is 3. The first kappa shape index (κ1) is 12.1. The van der Waals surface area contributed by atoms with Crippen LogP contribution in [0.5, 0.6) is 0 Å². The van der Waals surface area contributed by atoms with Crippen molar-refractivity contribution in [3.63, 3.8) is 0 Å². The molecule has 6 nitrogen and oxygen atoms in total. The van der Waals surface area contributed by atoms with Gasteiger partial charge >= 0.3 is 0 Å². The smallest absolute Gasteiger partial charge is 0.263 e. The molecular formula is C11H9N3O3S2. The number of thiazole rings is 1. The molecular weight excluding hydrogens is 286 g/mol. The highest BCUT2D eigenvalue weighted by atomic mass is 32.2. The van der Waals surface area contributed by atoms with Crippen LogP contribution in [-0.2, 0) is 21.2 Å². The molecule has 19 heavy (non-hydrogen) atoms. The Kier molecular flexibility index (Phi) is 2.76. The summed E-state index contributed by atoms with van der Waals surface area (Å²) in [5.41, 5.74) is 1.35. The van der Waals surface area contributed by atoms with Gasteiger partial charge in [-0.3, -0.25) is 9.52 Å². The number of aromatic nitrogens is 1. The van der Waals surface area contributed by atoms with Gasteiger partial charge in [0.05, 0.1) is 11.3 Å². The second kappa shape index (κ2) is 4.32. The van der Waals surface area contributed by atoms with Crippen LogP contribution in [0, 0.1) is 0 Å². The molecule has 2 aromatic rings. The van der Waals surface area contributed by atoms with E-state index in [-0.39, 0.29) is 17.2 Å². The molecule has 0 saturated heterocycles. The van der Waals surface area contributed by atoms with Gasteiger partial charge in [0, 0.05) is 17.3 Å². The third kappa shape index (κ3) is 2.32. The van der Waals surface area contributed by atoms with Crippen molar-refractivity contribution >= 4 is 38.1 Å².